The van der Waals surface area contributed by atoms with Crippen LogP contribution in [0.5, 0.6) is 0 Å². The number of amides is 1. The van der Waals surface area contributed by atoms with E-state index in [1.54, 1.807) is 0 Å². The summed E-state index contributed by atoms with van der Waals surface area (Å²) in [6, 6.07) is 4.19. The second kappa shape index (κ2) is 5.17. The molecule has 0 heterocycles. The Labute approximate surface area is 91.0 Å². The molecule has 1 N–H and O–H groups in total. The van der Waals surface area contributed by atoms with E-state index in [0.717, 1.165) is 0 Å². The van der Waals surface area contributed by atoms with E-state index in [1.807, 2.05) is 0 Å². The van der Waals surface area contributed by atoms with Gasteiger partial charge in [-0.2, -0.15) is 0 Å². The summed E-state index contributed by atoms with van der Waals surface area (Å²) < 4.78 is 13.1. The van der Waals surface area contributed by atoms with Gasteiger partial charge >= 0.3 is 0 Å². The van der Waals surface area contributed by atoms with E-state index in [-0.39, 0.29) is 28.9 Å². The Bertz CT molecular complexity index is 323. The lowest BCUT2D eigenvalue weighted by atomic mass is 10.3. The van der Waals surface area contributed by atoms with Crippen LogP contribution in [0.4, 0.5) is 10.1 Å². The molecule has 0 unspecified atom stereocenters. The predicted molar refractivity (Wildman–Crippen MR) is 55.4 cm³/mol. The van der Waals surface area contributed by atoms with Crippen LogP contribution in [-0.4, -0.2) is 11.8 Å². The first-order valence-electron chi connectivity index (χ1n) is 3.95. The Morgan fingerprint density at radius 3 is 2.79 bits per heavy atom. The summed E-state index contributed by atoms with van der Waals surface area (Å²) >= 11 is 11.0. The molecule has 0 aliphatic carbocycles. The lowest BCUT2D eigenvalue weighted by Gasteiger charge is -2.06. The Hall–Kier alpha value is -0.800. The van der Waals surface area contributed by atoms with E-state index in [2.05, 4.69) is 5.32 Å². The van der Waals surface area contributed by atoms with Crippen LogP contribution in [0, 0.1) is 5.82 Å². The van der Waals surface area contributed by atoms with Gasteiger partial charge in [0.05, 0.1) is 10.7 Å². The molecule has 0 saturated heterocycles. The zero-order chi connectivity index (χ0) is 10.6. The fourth-order valence-electron chi connectivity index (χ4n) is 0.905. The molecular weight excluding hydrogens is 228 g/mol. The molecule has 1 aromatic rings. The SMILES string of the molecule is O=C(CCCl)Nc1c(F)cccc1Cl. The first-order chi connectivity index (χ1) is 6.65. The average molecular weight is 236 g/mol. The van der Waals surface area contributed by atoms with Gasteiger partial charge in [-0.25, -0.2) is 4.39 Å². The highest BCUT2D eigenvalue weighted by atomic mass is 35.5. The van der Waals surface area contributed by atoms with E-state index in [4.69, 9.17) is 23.2 Å². The second-order valence-corrected chi connectivity index (χ2v) is 3.37. The minimum Gasteiger partial charge on any atom is -0.322 e. The van der Waals surface area contributed by atoms with Crippen LogP contribution in [0.25, 0.3) is 0 Å². The van der Waals surface area contributed by atoms with E-state index in [1.165, 1.54) is 18.2 Å². The van der Waals surface area contributed by atoms with E-state index >= 15 is 0 Å². The van der Waals surface area contributed by atoms with Crippen molar-refractivity contribution < 1.29 is 9.18 Å². The van der Waals surface area contributed by atoms with Crippen molar-refractivity contribution in [1.29, 1.82) is 0 Å². The molecule has 0 bridgehead atoms. The van der Waals surface area contributed by atoms with Crippen molar-refractivity contribution in [1.82, 2.24) is 0 Å². The Morgan fingerprint density at radius 1 is 1.50 bits per heavy atom. The molecule has 1 aromatic carbocycles. The van der Waals surface area contributed by atoms with Crippen LogP contribution in [0.1, 0.15) is 6.42 Å². The Morgan fingerprint density at radius 2 is 2.21 bits per heavy atom. The van der Waals surface area contributed by atoms with E-state index in [9.17, 15) is 9.18 Å². The van der Waals surface area contributed by atoms with Gasteiger partial charge in [0.25, 0.3) is 0 Å². The minimum atomic E-state index is -0.555. The summed E-state index contributed by atoms with van der Waals surface area (Å²) in [7, 11) is 0. The highest BCUT2D eigenvalue weighted by Crippen LogP contribution is 2.24. The molecule has 0 atom stereocenters. The topological polar surface area (TPSA) is 29.1 Å². The van der Waals surface area contributed by atoms with Gasteiger partial charge in [-0.15, -0.1) is 11.6 Å². The van der Waals surface area contributed by atoms with Gasteiger partial charge in [0, 0.05) is 12.3 Å². The number of para-hydroxylation sites is 1. The van der Waals surface area contributed by atoms with Gasteiger partial charge in [0.2, 0.25) is 5.91 Å². The normalized spacial score (nSPS) is 9.93. The molecule has 0 radical (unpaired) electrons. The van der Waals surface area contributed by atoms with Crippen LogP contribution in [0.15, 0.2) is 18.2 Å². The number of benzene rings is 1. The van der Waals surface area contributed by atoms with Crippen LogP contribution in [0.3, 0.4) is 0 Å². The molecule has 0 saturated carbocycles. The third kappa shape index (κ3) is 2.86. The Balaban J connectivity index is 2.80. The molecule has 14 heavy (non-hydrogen) atoms. The molecule has 0 aliphatic heterocycles. The summed E-state index contributed by atoms with van der Waals surface area (Å²) in [6.45, 7) is 0. The number of halogens is 3. The highest BCUT2D eigenvalue weighted by Gasteiger charge is 2.09. The van der Waals surface area contributed by atoms with Crippen molar-refractivity contribution in [2.45, 2.75) is 6.42 Å². The number of hydrogen-bond donors (Lipinski definition) is 1. The van der Waals surface area contributed by atoms with Gasteiger partial charge < -0.3 is 5.32 Å². The van der Waals surface area contributed by atoms with Crippen LogP contribution in [0.2, 0.25) is 5.02 Å². The van der Waals surface area contributed by atoms with Crippen LogP contribution in [-0.2, 0) is 4.79 Å². The maximum Gasteiger partial charge on any atom is 0.225 e. The van der Waals surface area contributed by atoms with Crippen molar-refractivity contribution in [3.05, 3.63) is 29.0 Å². The van der Waals surface area contributed by atoms with Crippen molar-refractivity contribution >= 4 is 34.8 Å². The number of alkyl halides is 1. The first-order valence-corrected chi connectivity index (χ1v) is 4.86. The van der Waals surface area contributed by atoms with Crippen molar-refractivity contribution in [3.8, 4) is 0 Å². The molecule has 76 valence electrons. The molecule has 0 aromatic heterocycles. The highest BCUT2D eigenvalue weighted by molar-refractivity contribution is 6.33. The molecule has 2 nitrogen and oxygen atoms in total. The fourth-order valence-corrected chi connectivity index (χ4v) is 1.29. The Kier molecular flexibility index (Phi) is 4.17. The van der Waals surface area contributed by atoms with Crippen LogP contribution < -0.4 is 5.32 Å². The summed E-state index contributed by atoms with van der Waals surface area (Å²) in [5.41, 5.74) is 0.00397. The third-order valence-electron chi connectivity index (χ3n) is 1.55. The maximum absolute atomic E-state index is 13.1. The monoisotopic (exact) mass is 235 g/mol. The fraction of sp³-hybridized carbons (Fsp3) is 0.222. The van der Waals surface area contributed by atoms with Gasteiger partial charge in [0.1, 0.15) is 5.82 Å². The molecule has 1 rings (SSSR count). The largest absolute Gasteiger partial charge is 0.322 e. The summed E-state index contributed by atoms with van der Waals surface area (Å²) in [6.07, 6.45) is 0.131. The number of carbonyl (C=O) groups is 1. The maximum atomic E-state index is 13.1. The van der Waals surface area contributed by atoms with Crippen LogP contribution >= 0.6 is 23.2 Å². The molecule has 1 amide bonds. The second-order valence-electron chi connectivity index (χ2n) is 2.58. The number of rotatable bonds is 3. The van der Waals surface area contributed by atoms with Gasteiger partial charge in [-0.1, -0.05) is 17.7 Å². The number of anilines is 1. The molecule has 0 aliphatic rings. The van der Waals surface area contributed by atoms with Crippen molar-refractivity contribution in [3.63, 3.8) is 0 Å². The predicted octanol–water partition coefficient (Wildman–Crippen LogP) is 3.05. The summed E-state index contributed by atoms with van der Waals surface area (Å²) in [5.74, 6) is -0.717. The molecule has 0 spiro atoms. The third-order valence-corrected chi connectivity index (χ3v) is 2.05. The van der Waals surface area contributed by atoms with Crippen molar-refractivity contribution in [2.24, 2.45) is 0 Å². The standard InChI is InChI=1S/C9H8Cl2FNO/c10-5-4-8(14)13-9-6(11)2-1-3-7(9)12/h1-3H,4-5H2,(H,13,14). The van der Waals surface area contributed by atoms with Gasteiger partial charge in [0.15, 0.2) is 0 Å². The molecule has 5 heteroatoms. The number of nitrogens with one attached hydrogen (secondary N) is 1. The zero-order valence-corrected chi connectivity index (χ0v) is 8.70. The summed E-state index contributed by atoms with van der Waals surface area (Å²) in [5, 5.41) is 2.52. The lowest BCUT2D eigenvalue weighted by Crippen LogP contribution is -2.13. The minimum absolute atomic E-state index is 0.00397. The smallest absolute Gasteiger partial charge is 0.225 e. The number of hydrogen-bond acceptors (Lipinski definition) is 1. The number of carbonyl (C=O) groups excluding carboxylic acids is 1. The van der Waals surface area contributed by atoms with Gasteiger partial charge in [-0.3, -0.25) is 4.79 Å². The average Bonchev–Trinajstić information content (AvgIpc) is 2.12. The van der Waals surface area contributed by atoms with E-state index < -0.39 is 5.82 Å². The molecular formula is C9H8Cl2FNO. The first kappa shape index (κ1) is 11.3. The molecule has 0 fully saturated rings. The quantitative estimate of drug-likeness (QED) is 0.803. The summed E-state index contributed by atoms with van der Waals surface area (Å²) in [4.78, 5) is 11.1. The van der Waals surface area contributed by atoms with Gasteiger partial charge in [-0.05, 0) is 12.1 Å². The van der Waals surface area contributed by atoms with Crippen molar-refractivity contribution in [2.75, 3.05) is 11.2 Å². The van der Waals surface area contributed by atoms with E-state index in [0.29, 0.717) is 0 Å². The lowest BCUT2D eigenvalue weighted by molar-refractivity contribution is -0.115. The zero-order valence-electron chi connectivity index (χ0n) is 7.19.